The first-order chi connectivity index (χ1) is 8.45. The molecule has 0 spiro atoms. The first-order valence-corrected chi connectivity index (χ1v) is 6.42. The van der Waals surface area contributed by atoms with E-state index in [1.54, 1.807) is 14.1 Å². The van der Waals surface area contributed by atoms with Gasteiger partial charge in [0.25, 0.3) is 0 Å². The maximum Gasteiger partial charge on any atom is 0.317 e. The minimum atomic E-state index is -0.693. The number of oxime groups is 1. The fraction of sp³-hybridized carbons (Fsp3) is 0.833. The zero-order valence-corrected chi connectivity index (χ0v) is 11.4. The Labute approximate surface area is 108 Å². The van der Waals surface area contributed by atoms with Gasteiger partial charge in [-0.15, -0.1) is 0 Å². The predicted octanol–water partition coefficient (Wildman–Crippen LogP) is 1.34. The van der Waals surface area contributed by atoms with Crippen LogP contribution in [0.15, 0.2) is 5.16 Å². The Morgan fingerprint density at radius 2 is 2.06 bits per heavy atom. The maximum absolute atomic E-state index is 11.8. The third-order valence-electron chi connectivity index (χ3n) is 3.89. The Bertz CT molecular complexity index is 320. The van der Waals surface area contributed by atoms with Crippen LogP contribution in [-0.2, 0) is 0 Å². The molecule has 1 fully saturated rings. The largest absolute Gasteiger partial charge is 0.409 e. The third kappa shape index (κ3) is 3.05. The Hall–Kier alpha value is -1.46. The molecule has 0 unspecified atom stereocenters. The second-order valence-corrected chi connectivity index (χ2v) is 5.24. The summed E-state index contributed by atoms with van der Waals surface area (Å²) in [7, 11) is 3.35. The molecule has 4 N–H and O–H groups in total. The number of carbonyl (C=O) groups excluding carboxylic acids is 1. The van der Waals surface area contributed by atoms with Crippen LogP contribution >= 0.6 is 0 Å². The Morgan fingerprint density at radius 3 is 2.44 bits per heavy atom. The molecule has 0 aliphatic heterocycles. The van der Waals surface area contributed by atoms with Gasteiger partial charge >= 0.3 is 6.03 Å². The molecule has 104 valence electrons. The molecule has 0 atom stereocenters. The molecule has 0 saturated heterocycles. The molecule has 18 heavy (non-hydrogen) atoms. The van der Waals surface area contributed by atoms with Crippen LogP contribution in [0.25, 0.3) is 0 Å². The number of hydrogen-bond acceptors (Lipinski definition) is 3. The minimum absolute atomic E-state index is 0.104. The lowest BCUT2D eigenvalue weighted by atomic mass is 9.75. The third-order valence-corrected chi connectivity index (χ3v) is 3.89. The summed E-state index contributed by atoms with van der Waals surface area (Å²) in [4.78, 5) is 13.3. The van der Waals surface area contributed by atoms with Crippen molar-refractivity contribution in [1.29, 1.82) is 0 Å². The number of amides is 2. The number of rotatable bonds is 3. The molecule has 0 aromatic heterocycles. The SMILES string of the molecule is CCC1CCC(NC(=O)N(C)C)(C(N)=NO)CC1. The van der Waals surface area contributed by atoms with Crippen molar-refractivity contribution >= 4 is 11.9 Å². The monoisotopic (exact) mass is 256 g/mol. The number of hydrogen-bond donors (Lipinski definition) is 3. The fourth-order valence-corrected chi connectivity index (χ4v) is 2.44. The molecule has 0 radical (unpaired) electrons. The zero-order valence-electron chi connectivity index (χ0n) is 11.4. The van der Waals surface area contributed by atoms with Crippen molar-refractivity contribution in [2.24, 2.45) is 16.8 Å². The molecule has 0 aromatic carbocycles. The smallest absolute Gasteiger partial charge is 0.317 e. The second-order valence-electron chi connectivity index (χ2n) is 5.24. The molecular formula is C12H24N4O2. The van der Waals surface area contributed by atoms with Gasteiger partial charge in [-0.3, -0.25) is 0 Å². The highest BCUT2D eigenvalue weighted by Crippen LogP contribution is 2.34. The zero-order chi connectivity index (χ0) is 13.8. The average molecular weight is 256 g/mol. The van der Waals surface area contributed by atoms with Gasteiger partial charge in [0.15, 0.2) is 5.84 Å². The lowest BCUT2D eigenvalue weighted by Gasteiger charge is -2.40. The quantitative estimate of drug-likeness (QED) is 0.308. The highest BCUT2D eigenvalue weighted by molar-refractivity contribution is 5.93. The van der Waals surface area contributed by atoms with Gasteiger partial charge in [0, 0.05) is 14.1 Å². The van der Waals surface area contributed by atoms with Gasteiger partial charge in [-0.2, -0.15) is 0 Å². The van der Waals surface area contributed by atoms with Gasteiger partial charge in [0.05, 0.1) is 0 Å². The van der Waals surface area contributed by atoms with E-state index in [9.17, 15) is 4.79 Å². The van der Waals surface area contributed by atoms with Crippen molar-refractivity contribution in [3.63, 3.8) is 0 Å². The molecule has 0 aromatic rings. The van der Waals surface area contributed by atoms with E-state index >= 15 is 0 Å². The molecule has 1 aliphatic carbocycles. The molecule has 1 aliphatic rings. The summed E-state index contributed by atoms with van der Waals surface area (Å²) in [6.07, 6.45) is 4.55. The molecule has 1 saturated carbocycles. The van der Waals surface area contributed by atoms with Gasteiger partial charge in [-0.1, -0.05) is 18.5 Å². The average Bonchev–Trinajstić information content (AvgIpc) is 2.38. The van der Waals surface area contributed by atoms with Crippen LogP contribution in [0.1, 0.15) is 39.0 Å². The Morgan fingerprint density at radius 1 is 1.50 bits per heavy atom. The van der Waals surface area contributed by atoms with E-state index in [0.29, 0.717) is 5.92 Å². The van der Waals surface area contributed by atoms with E-state index in [1.807, 2.05) is 0 Å². The molecule has 1 rings (SSSR count). The van der Waals surface area contributed by atoms with E-state index < -0.39 is 5.54 Å². The molecular weight excluding hydrogens is 232 g/mol. The first kappa shape index (κ1) is 14.6. The lowest BCUT2D eigenvalue weighted by molar-refractivity contribution is 0.189. The number of nitrogens with two attached hydrogens (primary N) is 1. The van der Waals surface area contributed by atoms with E-state index in [4.69, 9.17) is 10.9 Å². The number of nitrogens with one attached hydrogen (secondary N) is 1. The van der Waals surface area contributed by atoms with Crippen molar-refractivity contribution in [2.75, 3.05) is 14.1 Å². The number of urea groups is 1. The van der Waals surface area contributed by atoms with Crippen LogP contribution in [0.3, 0.4) is 0 Å². The van der Waals surface area contributed by atoms with Gasteiger partial charge in [-0.25, -0.2) is 4.79 Å². The number of nitrogens with zero attached hydrogens (tertiary/aromatic N) is 2. The van der Waals surface area contributed by atoms with Crippen LogP contribution in [0.4, 0.5) is 4.79 Å². The van der Waals surface area contributed by atoms with E-state index in [0.717, 1.165) is 32.1 Å². The summed E-state index contributed by atoms with van der Waals surface area (Å²) < 4.78 is 0. The summed E-state index contributed by atoms with van der Waals surface area (Å²) in [5.41, 5.74) is 5.09. The van der Waals surface area contributed by atoms with E-state index in [2.05, 4.69) is 17.4 Å². The second kappa shape index (κ2) is 5.93. The predicted molar refractivity (Wildman–Crippen MR) is 70.6 cm³/mol. The van der Waals surface area contributed by atoms with E-state index in [1.165, 1.54) is 4.90 Å². The summed E-state index contributed by atoms with van der Waals surface area (Å²) in [6.45, 7) is 2.17. The summed E-state index contributed by atoms with van der Waals surface area (Å²) >= 11 is 0. The first-order valence-electron chi connectivity index (χ1n) is 6.42. The van der Waals surface area contributed by atoms with Gasteiger partial charge < -0.3 is 21.2 Å². The normalized spacial score (nSPS) is 28.8. The van der Waals surface area contributed by atoms with Crippen LogP contribution in [-0.4, -0.2) is 41.6 Å². The number of carbonyl (C=O) groups is 1. The van der Waals surface area contributed by atoms with Crippen LogP contribution in [0, 0.1) is 5.92 Å². The molecule has 0 bridgehead atoms. The summed E-state index contributed by atoms with van der Waals surface area (Å²) in [5.74, 6) is 0.771. The van der Waals surface area contributed by atoms with Crippen molar-refractivity contribution < 1.29 is 10.0 Å². The van der Waals surface area contributed by atoms with Crippen LogP contribution < -0.4 is 11.1 Å². The molecule has 6 nitrogen and oxygen atoms in total. The number of amidine groups is 1. The molecule has 6 heteroatoms. The minimum Gasteiger partial charge on any atom is -0.409 e. The Kier molecular flexibility index (Phi) is 4.81. The van der Waals surface area contributed by atoms with Gasteiger partial charge in [0.1, 0.15) is 5.54 Å². The van der Waals surface area contributed by atoms with Gasteiger partial charge in [-0.05, 0) is 31.6 Å². The van der Waals surface area contributed by atoms with Crippen molar-refractivity contribution in [1.82, 2.24) is 10.2 Å². The van der Waals surface area contributed by atoms with Gasteiger partial charge in [0.2, 0.25) is 0 Å². The molecule has 2 amide bonds. The van der Waals surface area contributed by atoms with Crippen molar-refractivity contribution in [2.45, 2.75) is 44.6 Å². The standard InChI is InChI=1S/C12H24N4O2/c1-4-9-5-7-12(8-6-9,10(13)15-18)14-11(17)16(2)3/h9,18H,4-8H2,1-3H3,(H2,13,15)(H,14,17). The lowest BCUT2D eigenvalue weighted by Crippen LogP contribution is -2.60. The maximum atomic E-state index is 11.8. The summed E-state index contributed by atoms with van der Waals surface area (Å²) in [6, 6.07) is -0.212. The van der Waals surface area contributed by atoms with E-state index in [-0.39, 0.29) is 11.9 Å². The summed E-state index contributed by atoms with van der Waals surface area (Å²) in [5, 5.41) is 14.9. The topological polar surface area (TPSA) is 91.0 Å². The van der Waals surface area contributed by atoms with Crippen molar-refractivity contribution in [3.8, 4) is 0 Å². The fourth-order valence-electron chi connectivity index (χ4n) is 2.44. The van der Waals surface area contributed by atoms with Crippen molar-refractivity contribution in [3.05, 3.63) is 0 Å². The van der Waals surface area contributed by atoms with Crippen LogP contribution in [0.5, 0.6) is 0 Å². The van der Waals surface area contributed by atoms with Crippen LogP contribution in [0.2, 0.25) is 0 Å². The highest BCUT2D eigenvalue weighted by atomic mass is 16.4. The highest BCUT2D eigenvalue weighted by Gasteiger charge is 2.40. The molecule has 0 heterocycles. The Balaban J connectivity index is 2.82.